The average Bonchev–Trinajstić information content (AvgIpc) is 2.98. The maximum absolute atomic E-state index is 13.9. The van der Waals surface area contributed by atoms with Gasteiger partial charge in [0.15, 0.2) is 0 Å². The Morgan fingerprint density at radius 3 is 2.44 bits per heavy atom. The Labute approximate surface area is 256 Å². The number of amides is 1. The number of hydrogen-bond acceptors (Lipinski definition) is 6. The molecule has 0 saturated carbocycles. The molecular formula is C34H43N3O5S. The minimum atomic E-state index is -3.71. The number of morpholine rings is 1. The Bertz CT molecular complexity index is 1460. The number of nitrogens with one attached hydrogen (secondary N) is 1. The van der Waals surface area contributed by atoms with Crippen LogP contribution in [0.4, 0.5) is 5.69 Å². The van der Waals surface area contributed by atoms with Crippen molar-refractivity contribution in [3.05, 3.63) is 90.0 Å². The molecule has 2 fully saturated rings. The highest BCUT2D eigenvalue weighted by Gasteiger charge is 2.47. The predicted molar refractivity (Wildman–Crippen MR) is 169 cm³/mol. The van der Waals surface area contributed by atoms with E-state index in [4.69, 9.17) is 9.47 Å². The van der Waals surface area contributed by atoms with Crippen LogP contribution in [0.15, 0.2) is 83.8 Å². The number of ether oxygens (including phenoxy) is 2. The number of hydrogen-bond donors (Lipinski definition) is 1. The number of sulfonamides is 1. The molecule has 0 radical (unpaired) electrons. The van der Waals surface area contributed by atoms with Crippen LogP contribution >= 0.6 is 0 Å². The van der Waals surface area contributed by atoms with Crippen LogP contribution in [-0.4, -0.2) is 68.0 Å². The maximum Gasteiger partial charge on any atom is 0.243 e. The van der Waals surface area contributed by atoms with Crippen LogP contribution < -0.4 is 10.1 Å². The third kappa shape index (κ3) is 8.03. The van der Waals surface area contributed by atoms with Crippen molar-refractivity contribution in [3.63, 3.8) is 0 Å². The number of nitrogens with zero attached hydrogens (tertiary/aromatic N) is 2. The van der Waals surface area contributed by atoms with Gasteiger partial charge in [0.1, 0.15) is 12.4 Å². The highest BCUT2D eigenvalue weighted by molar-refractivity contribution is 7.89. The van der Waals surface area contributed by atoms with Gasteiger partial charge in [-0.25, -0.2) is 8.42 Å². The summed E-state index contributed by atoms with van der Waals surface area (Å²) in [4.78, 5) is 15.4. The summed E-state index contributed by atoms with van der Waals surface area (Å²) in [5.74, 6) is 0.942. The molecule has 1 N–H and O–H groups in total. The highest BCUT2D eigenvalue weighted by Crippen LogP contribution is 2.35. The van der Waals surface area contributed by atoms with E-state index in [0.29, 0.717) is 36.3 Å². The first-order chi connectivity index (χ1) is 20.6. The molecule has 2 aliphatic heterocycles. The third-order valence-electron chi connectivity index (χ3n) is 8.18. The van der Waals surface area contributed by atoms with Crippen molar-refractivity contribution in [3.8, 4) is 5.75 Å². The molecule has 1 amide bonds. The van der Waals surface area contributed by atoms with Crippen LogP contribution in [0, 0.1) is 12.8 Å². The molecule has 0 aromatic heterocycles. The third-order valence-corrected chi connectivity index (χ3v) is 10.1. The van der Waals surface area contributed by atoms with Gasteiger partial charge in [0.25, 0.3) is 0 Å². The van der Waals surface area contributed by atoms with Gasteiger partial charge in [-0.2, -0.15) is 4.31 Å². The van der Waals surface area contributed by atoms with Crippen LogP contribution in [0.25, 0.3) is 0 Å². The number of anilines is 1. The fraction of sp³-hybridized carbons (Fsp3) is 0.441. The molecule has 5 rings (SSSR count). The van der Waals surface area contributed by atoms with E-state index in [2.05, 4.69) is 24.1 Å². The molecule has 8 nitrogen and oxygen atoms in total. The number of piperidine rings is 1. The molecule has 0 aliphatic carbocycles. The van der Waals surface area contributed by atoms with E-state index in [0.717, 1.165) is 42.7 Å². The molecule has 0 unspecified atom stereocenters. The Kier molecular flexibility index (Phi) is 9.86. The zero-order valence-electron chi connectivity index (χ0n) is 25.4. The predicted octanol–water partition coefficient (Wildman–Crippen LogP) is 5.48. The van der Waals surface area contributed by atoms with E-state index >= 15 is 0 Å². The summed E-state index contributed by atoms with van der Waals surface area (Å²) in [7, 11) is -3.71. The lowest BCUT2D eigenvalue weighted by Gasteiger charge is -2.50. The minimum Gasteiger partial charge on any atom is -0.489 e. The maximum atomic E-state index is 13.9. The van der Waals surface area contributed by atoms with Gasteiger partial charge >= 0.3 is 0 Å². The smallest absolute Gasteiger partial charge is 0.243 e. The van der Waals surface area contributed by atoms with Crippen molar-refractivity contribution in [2.24, 2.45) is 5.92 Å². The van der Waals surface area contributed by atoms with Crippen LogP contribution in [-0.2, 0) is 26.2 Å². The molecule has 43 heavy (non-hydrogen) atoms. The number of rotatable bonds is 10. The van der Waals surface area contributed by atoms with E-state index in [1.807, 2.05) is 73.7 Å². The van der Waals surface area contributed by atoms with E-state index in [1.54, 1.807) is 16.4 Å². The second-order valence-electron chi connectivity index (χ2n) is 12.3. The van der Waals surface area contributed by atoms with Gasteiger partial charge in [0, 0.05) is 24.8 Å². The van der Waals surface area contributed by atoms with Crippen molar-refractivity contribution >= 4 is 21.6 Å². The first-order valence-corrected chi connectivity index (χ1v) is 16.6. The van der Waals surface area contributed by atoms with Crippen LogP contribution in [0.5, 0.6) is 5.75 Å². The molecule has 2 heterocycles. The summed E-state index contributed by atoms with van der Waals surface area (Å²) < 4.78 is 41.8. The number of benzene rings is 3. The van der Waals surface area contributed by atoms with E-state index in [-0.39, 0.29) is 25.0 Å². The molecule has 230 valence electrons. The molecule has 2 saturated heterocycles. The fourth-order valence-electron chi connectivity index (χ4n) is 6.02. The summed E-state index contributed by atoms with van der Waals surface area (Å²) in [5, 5.41) is 2.99. The lowest BCUT2D eigenvalue weighted by Crippen LogP contribution is -2.64. The SMILES string of the molecule is Cc1ccc(S(=O)(=O)N2C[C@@]3(CCCN(CC(=O)Nc4ccc(OCc5ccccc5)cc4)C3)OC[C@@H]2CC(C)C)cc1. The van der Waals surface area contributed by atoms with Crippen molar-refractivity contribution in [1.29, 1.82) is 0 Å². The van der Waals surface area contributed by atoms with Gasteiger partial charge < -0.3 is 14.8 Å². The van der Waals surface area contributed by atoms with E-state index < -0.39 is 15.6 Å². The topological polar surface area (TPSA) is 88.2 Å². The molecule has 2 aliphatic rings. The Balaban J connectivity index is 1.21. The summed E-state index contributed by atoms with van der Waals surface area (Å²) in [6.07, 6.45) is 2.31. The first-order valence-electron chi connectivity index (χ1n) is 15.1. The van der Waals surface area contributed by atoms with Gasteiger partial charge in [-0.15, -0.1) is 0 Å². The second-order valence-corrected chi connectivity index (χ2v) is 14.2. The van der Waals surface area contributed by atoms with Gasteiger partial charge in [0.2, 0.25) is 15.9 Å². The minimum absolute atomic E-state index is 0.118. The van der Waals surface area contributed by atoms with Crippen molar-refractivity contribution in [2.45, 2.75) is 63.2 Å². The molecular weight excluding hydrogens is 562 g/mol. The van der Waals surface area contributed by atoms with Crippen LogP contribution in [0.2, 0.25) is 0 Å². The average molecular weight is 606 g/mol. The highest BCUT2D eigenvalue weighted by atomic mass is 32.2. The summed E-state index contributed by atoms with van der Waals surface area (Å²) in [6.45, 7) is 8.73. The van der Waals surface area contributed by atoms with Gasteiger partial charge in [-0.05, 0) is 80.6 Å². The lowest BCUT2D eigenvalue weighted by molar-refractivity contribution is -0.146. The van der Waals surface area contributed by atoms with Crippen molar-refractivity contribution < 1.29 is 22.7 Å². The Morgan fingerprint density at radius 1 is 1.02 bits per heavy atom. The molecule has 2 atom stereocenters. The number of aryl methyl sites for hydroxylation is 1. The molecule has 0 bridgehead atoms. The quantitative estimate of drug-likeness (QED) is 0.329. The summed E-state index contributed by atoms with van der Waals surface area (Å²) in [5.41, 5.74) is 2.16. The zero-order chi connectivity index (χ0) is 30.5. The number of carbonyl (C=O) groups excluding carboxylic acids is 1. The molecule has 1 spiro atoms. The molecule has 9 heteroatoms. The second kappa shape index (κ2) is 13.6. The molecule has 3 aromatic rings. The van der Waals surface area contributed by atoms with Gasteiger partial charge in [-0.1, -0.05) is 61.9 Å². The van der Waals surface area contributed by atoms with E-state index in [1.165, 1.54) is 0 Å². The number of likely N-dealkylation sites (tertiary alicyclic amines) is 1. The largest absolute Gasteiger partial charge is 0.489 e. The monoisotopic (exact) mass is 605 g/mol. The van der Waals surface area contributed by atoms with Gasteiger partial charge in [0.05, 0.1) is 23.6 Å². The number of carbonyl (C=O) groups is 1. The first kappa shape index (κ1) is 31.2. The van der Waals surface area contributed by atoms with E-state index in [9.17, 15) is 13.2 Å². The van der Waals surface area contributed by atoms with Crippen LogP contribution in [0.1, 0.15) is 44.2 Å². The van der Waals surface area contributed by atoms with Crippen LogP contribution in [0.3, 0.4) is 0 Å². The van der Waals surface area contributed by atoms with Gasteiger partial charge in [-0.3, -0.25) is 9.69 Å². The zero-order valence-corrected chi connectivity index (χ0v) is 26.2. The normalized spacial score (nSPS) is 21.6. The lowest BCUT2D eigenvalue weighted by atomic mass is 9.89. The summed E-state index contributed by atoms with van der Waals surface area (Å²) >= 11 is 0. The molecule has 3 aromatic carbocycles. The fourth-order valence-corrected chi connectivity index (χ4v) is 7.72. The standard InChI is InChI=1S/C34H43N3O5S/c1-26(2)20-30-23-42-34(25-37(30)43(39,40)32-16-10-27(3)11-17-32)18-7-19-36(24-34)21-33(38)35-29-12-14-31(15-13-29)41-22-28-8-5-4-6-9-28/h4-6,8-17,26,30H,7,18-25H2,1-3H3,(H,35,38)/t30-,34-/m0/s1. The Morgan fingerprint density at radius 2 is 1.74 bits per heavy atom. The van der Waals surface area contributed by atoms with Crippen molar-refractivity contribution in [2.75, 3.05) is 38.1 Å². The Hall–Kier alpha value is -3.24. The van der Waals surface area contributed by atoms with Crippen molar-refractivity contribution in [1.82, 2.24) is 9.21 Å². The summed E-state index contributed by atoms with van der Waals surface area (Å²) in [6, 6.07) is 24.2.